The summed E-state index contributed by atoms with van der Waals surface area (Å²) in [6.45, 7) is 20.8. The standard InChI is InChI=1S/C21H35NO2/c1-9-22(10-2)11-12-24-19(23)16-13-17(20(3,4)5)15-18(14-16)21(6,7)8/h13-15H,9-12H2,1-8H3/p+1. The summed E-state index contributed by atoms with van der Waals surface area (Å²) in [6.07, 6.45) is 0. The first-order valence-electron chi connectivity index (χ1n) is 9.15. The fraction of sp³-hybridized carbons (Fsp3) is 0.667. The Labute approximate surface area is 148 Å². The summed E-state index contributed by atoms with van der Waals surface area (Å²) < 4.78 is 5.54. The van der Waals surface area contributed by atoms with Crippen molar-refractivity contribution >= 4 is 5.97 Å². The zero-order valence-corrected chi connectivity index (χ0v) is 16.9. The molecule has 3 heteroatoms. The topological polar surface area (TPSA) is 30.7 Å². The molecule has 0 aromatic heterocycles. The summed E-state index contributed by atoms with van der Waals surface area (Å²) in [5.41, 5.74) is 3.03. The Bertz CT molecular complexity index is 514. The van der Waals surface area contributed by atoms with E-state index in [4.69, 9.17) is 4.74 Å². The number of quaternary nitrogens is 1. The highest BCUT2D eigenvalue weighted by atomic mass is 16.5. The van der Waals surface area contributed by atoms with Crippen LogP contribution in [0.4, 0.5) is 0 Å². The number of esters is 1. The predicted octanol–water partition coefficient (Wildman–Crippen LogP) is 3.36. The van der Waals surface area contributed by atoms with Gasteiger partial charge in [-0.25, -0.2) is 4.79 Å². The van der Waals surface area contributed by atoms with Crippen molar-refractivity contribution in [2.75, 3.05) is 26.2 Å². The van der Waals surface area contributed by atoms with Crippen LogP contribution in [0.5, 0.6) is 0 Å². The van der Waals surface area contributed by atoms with E-state index in [0.29, 0.717) is 12.2 Å². The molecular formula is C21H36NO2+. The molecule has 0 spiro atoms. The molecular weight excluding hydrogens is 298 g/mol. The highest BCUT2D eigenvalue weighted by molar-refractivity contribution is 5.90. The number of likely N-dealkylation sites (N-methyl/N-ethyl adjacent to an activating group) is 1. The van der Waals surface area contributed by atoms with Crippen LogP contribution in [0.2, 0.25) is 0 Å². The maximum absolute atomic E-state index is 12.5. The second-order valence-corrected chi connectivity index (χ2v) is 8.64. The Kier molecular flexibility index (Phi) is 7.03. The minimum Gasteiger partial charge on any atom is -0.456 e. The molecule has 24 heavy (non-hydrogen) atoms. The third kappa shape index (κ3) is 5.94. The summed E-state index contributed by atoms with van der Waals surface area (Å²) in [5, 5.41) is 0. The monoisotopic (exact) mass is 334 g/mol. The van der Waals surface area contributed by atoms with Gasteiger partial charge >= 0.3 is 5.97 Å². The van der Waals surface area contributed by atoms with Gasteiger partial charge in [0.2, 0.25) is 0 Å². The number of hydrogen-bond acceptors (Lipinski definition) is 2. The van der Waals surface area contributed by atoms with Crippen molar-refractivity contribution in [1.29, 1.82) is 0 Å². The molecule has 0 aliphatic heterocycles. The average molecular weight is 335 g/mol. The molecule has 1 aromatic rings. The molecule has 0 bridgehead atoms. The highest BCUT2D eigenvalue weighted by Gasteiger charge is 2.22. The number of benzene rings is 1. The molecule has 136 valence electrons. The first-order chi connectivity index (χ1) is 11.0. The second-order valence-electron chi connectivity index (χ2n) is 8.64. The fourth-order valence-electron chi connectivity index (χ4n) is 2.59. The van der Waals surface area contributed by atoms with Crippen LogP contribution in [-0.4, -0.2) is 32.2 Å². The van der Waals surface area contributed by atoms with Crippen LogP contribution in [0.15, 0.2) is 18.2 Å². The van der Waals surface area contributed by atoms with Gasteiger partial charge in [0.15, 0.2) is 0 Å². The van der Waals surface area contributed by atoms with Gasteiger partial charge in [0.05, 0.1) is 18.7 Å². The van der Waals surface area contributed by atoms with Crippen molar-refractivity contribution in [1.82, 2.24) is 0 Å². The number of ether oxygens (including phenoxy) is 1. The van der Waals surface area contributed by atoms with Gasteiger partial charge < -0.3 is 9.64 Å². The van der Waals surface area contributed by atoms with E-state index in [9.17, 15) is 4.79 Å². The van der Waals surface area contributed by atoms with Crippen molar-refractivity contribution in [2.24, 2.45) is 0 Å². The maximum atomic E-state index is 12.5. The molecule has 0 fully saturated rings. The largest absolute Gasteiger partial charge is 0.456 e. The van der Waals surface area contributed by atoms with Gasteiger partial charge in [-0.1, -0.05) is 47.6 Å². The van der Waals surface area contributed by atoms with Gasteiger partial charge in [0.25, 0.3) is 0 Å². The van der Waals surface area contributed by atoms with E-state index in [1.54, 1.807) is 0 Å². The van der Waals surface area contributed by atoms with Crippen LogP contribution in [0.3, 0.4) is 0 Å². The Morgan fingerprint density at radius 3 is 1.75 bits per heavy atom. The smallest absolute Gasteiger partial charge is 0.338 e. The van der Waals surface area contributed by atoms with E-state index in [0.717, 1.165) is 19.6 Å². The number of carbonyl (C=O) groups excluding carboxylic acids is 1. The van der Waals surface area contributed by atoms with E-state index < -0.39 is 0 Å². The lowest BCUT2D eigenvalue weighted by molar-refractivity contribution is -0.896. The van der Waals surface area contributed by atoms with E-state index in [-0.39, 0.29) is 16.8 Å². The quantitative estimate of drug-likeness (QED) is 0.809. The van der Waals surface area contributed by atoms with Crippen molar-refractivity contribution < 1.29 is 14.4 Å². The van der Waals surface area contributed by atoms with Crippen molar-refractivity contribution in [3.8, 4) is 0 Å². The third-order valence-corrected chi connectivity index (χ3v) is 4.59. The Morgan fingerprint density at radius 2 is 1.38 bits per heavy atom. The molecule has 1 rings (SSSR count). The summed E-state index contributed by atoms with van der Waals surface area (Å²) >= 11 is 0. The Hall–Kier alpha value is -1.35. The number of rotatable bonds is 6. The lowest BCUT2D eigenvalue weighted by atomic mass is 9.79. The summed E-state index contributed by atoms with van der Waals surface area (Å²) in [4.78, 5) is 14.0. The van der Waals surface area contributed by atoms with Crippen molar-refractivity contribution in [2.45, 2.75) is 66.2 Å². The van der Waals surface area contributed by atoms with Gasteiger partial charge in [0.1, 0.15) is 13.2 Å². The minimum atomic E-state index is -0.210. The molecule has 0 heterocycles. The van der Waals surface area contributed by atoms with Gasteiger partial charge in [-0.3, -0.25) is 0 Å². The summed E-state index contributed by atoms with van der Waals surface area (Å²) in [7, 11) is 0. The third-order valence-electron chi connectivity index (χ3n) is 4.59. The highest BCUT2D eigenvalue weighted by Crippen LogP contribution is 2.30. The normalized spacial score (nSPS) is 12.5. The molecule has 0 saturated heterocycles. The molecule has 0 unspecified atom stereocenters. The first-order valence-corrected chi connectivity index (χ1v) is 9.15. The second kappa shape index (κ2) is 8.15. The van der Waals surface area contributed by atoms with Crippen molar-refractivity contribution in [3.05, 3.63) is 34.9 Å². The minimum absolute atomic E-state index is 0.00165. The van der Waals surface area contributed by atoms with E-state index in [1.165, 1.54) is 16.0 Å². The molecule has 1 aromatic carbocycles. The Balaban J connectivity index is 2.99. The zero-order valence-electron chi connectivity index (χ0n) is 16.9. The molecule has 0 radical (unpaired) electrons. The number of nitrogens with one attached hydrogen (secondary N) is 1. The molecule has 1 N–H and O–H groups in total. The van der Waals surface area contributed by atoms with Crippen LogP contribution in [0.25, 0.3) is 0 Å². The van der Waals surface area contributed by atoms with Gasteiger partial charge in [0, 0.05) is 0 Å². The zero-order chi connectivity index (χ0) is 18.5. The van der Waals surface area contributed by atoms with E-state index in [2.05, 4.69) is 61.5 Å². The van der Waals surface area contributed by atoms with Crippen LogP contribution < -0.4 is 4.90 Å². The van der Waals surface area contributed by atoms with Crippen molar-refractivity contribution in [3.63, 3.8) is 0 Å². The van der Waals surface area contributed by atoms with Gasteiger partial charge in [-0.05, 0) is 47.9 Å². The molecule has 0 saturated carbocycles. The summed E-state index contributed by atoms with van der Waals surface area (Å²) in [5.74, 6) is -0.210. The first kappa shape index (κ1) is 20.7. The number of carbonyl (C=O) groups is 1. The molecule has 0 aliphatic rings. The van der Waals surface area contributed by atoms with E-state index >= 15 is 0 Å². The van der Waals surface area contributed by atoms with Gasteiger partial charge in [-0.15, -0.1) is 0 Å². The molecule has 3 nitrogen and oxygen atoms in total. The molecule has 0 amide bonds. The molecule has 0 aliphatic carbocycles. The SMILES string of the molecule is CC[NH+](CC)CCOC(=O)c1cc(C(C)(C)C)cc(C(C)(C)C)c1. The van der Waals surface area contributed by atoms with E-state index in [1.807, 2.05) is 12.1 Å². The fourth-order valence-corrected chi connectivity index (χ4v) is 2.59. The van der Waals surface area contributed by atoms with Crippen LogP contribution in [0, 0.1) is 0 Å². The van der Waals surface area contributed by atoms with Crippen LogP contribution in [-0.2, 0) is 15.6 Å². The van der Waals surface area contributed by atoms with Crippen LogP contribution >= 0.6 is 0 Å². The average Bonchev–Trinajstić information content (AvgIpc) is 2.49. The molecule has 0 atom stereocenters. The number of hydrogen-bond donors (Lipinski definition) is 1. The van der Waals surface area contributed by atoms with Crippen LogP contribution in [0.1, 0.15) is 76.9 Å². The lowest BCUT2D eigenvalue weighted by Gasteiger charge is -2.26. The summed E-state index contributed by atoms with van der Waals surface area (Å²) in [6, 6.07) is 6.19. The lowest BCUT2D eigenvalue weighted by Crippen LogP contribution is -3.11. The Morgan fingerprint density at radius 1 is 0.917 bits per heavy atom. The van der Waals surface area contributed by atoms with Gasteiger partial charge in [-0.2, -0.15) is 0 Å². The predicted molar refractivity (Wildman–Crippen MR) is 101 cm³/mol. The maximum Gasteiger partial charge on any atom is 0.338 e.